The van der Waals surface area contributed by atoms with Crippen LogP contribution in [0, 0.1) is 0 Å². The molecule has 2 rings (SSSR count). The van der Waals surface area contributed by atoms with Gasteiger partial charge in [0, 0.05) is 19.1 Å². The first-order valence-corrected chi connectivity index (χ1v) is 8.14. The van der Waals surface area contributed by atoms with Gasteiger partial charge in [0.15, 0.2) is 0 Å². The summed E-state index contributed by atoms with van der Waals surface area (Å²) in [5.74, 6) is 2.84. The predicted molar refractivity (Wildman–Crippen MR) is 89.0 cm³/mol. The number of rotatable bonds is 6. The summed E-state index contributed by atoms with van der Waals surface area (Å²) >= 11 is 7.82. The van der Waals surface area contributed by atoms with Gasteiger partial charge in [-0.1, -0.05) is 11.6 Å². The monoisotopic (exact) mass is 310 g/mol. The van der Waals surface area contributed by atoms with Crippen molar-refractivity contribution in [1.82, 2.24) is 0 Å². The molecule has 1 heterocycles. The molecule has 3 nitrogen and oxygen atoms in total. The fourth-order valence-corrected chi connectivity index (χ4v) is 2.57. The van der Waals surface area contributed by atoms with Gasteiger partial charge in [-0.3, -0.25) is 0 Å². The molecule has 108 valence electrons. The molecule has 0 aliphatic carbocycles. The van der Waals surface area contributed by atoms with Gasteiger partial charge in [0.05, 0.1) is 23.7 Å². The normalized spacial score (nSPS) is 10.6. The maximum absolute atomic E-state index is 6.06. The second-order valence-corrected chi connectivity index (χ2v) is 6.01. The first kappa shape index (κ1) is 15.1. The van der Waals surface area contributed by atoms with E-state index in [1.54, 1.807) is 11.8 Å². The summed E-state index contributed by atoms with van der Waals surface area (Å²) < 4.78 is 5.75. The van der Waals surface area contributed by atoms with E-state index in [2.05, 4.69) is 16.5 Å². The summed E-state index contributed by atoms with van der Waals surface area (Å²) in [6, 6.07) is 9.87. The van der Waals surface area contributed by atoms with Crippen LogP contribution in [0.25, 0.3) is 0 Å². The van der Waals surface area contributed by atoms with Crippen LogP contribution < -0.4 is 10.2 Å². The van der Waals surface area contributed by atoms with E-state index in [9.17, 15) is 0 Å². The number of nitrogens with one attached hydrogen (secondary N) is 1. The number of benzene rings is 1. The fraction of sp³-hybridized carbons (Fsp3) is 0.333. The maximum atomic E-state index is 6.06. The summed E-state index contributed by atoms with van der Waals surface area (Å²) in [7, 11) is 4.02. The lowest BCUT2D eigenvalue weighted by atomic mass is 10.2. The smallest absolute Gasteiger partial charge is 0.123 e. The van der Waals surface area contributed by atoms with Crippen molar-refractivity contribution in [2.45, 2.75) is 12.3 Å². The molecule has 0 radical (unpaired) electrons. The van der Waals surface area contributed by atoms with Crippen molar-refractivity contribution in [3.05, 3.63) is 46.9 Å². The van der Waals surface area contributed by atoms with E-state index < -0.39 is 0 Å². The van der Waals surface area contributed by atoms with Gasteiger partial charge in [0.2, 0.25) is 0 Å². The highest BCUT2D eigenvalue weighted by Crippen LogP contribution is 2.28. The Morgan fingerprint density at radius 3 is 2.65 bits per heavy atom. The Kier molecular flexibility index (Phi) is 5.26. The molecule has 1 aromatic heterocycles. The third kappa shape index (κ3) is 3.87. The number of hydrogen-bond donors (Lipinski definition) is 1. The van der Waals surface area contributed by atoms with Crippen LogP contribution in [0.2, 0.25) is 5.02 Å². The van der Waals surface area contributed by atoms with Gasteiger partial charge < -0.3 is 14.6 Å². The van der Waals surface area contributed by atoms with Crippen molar-refractivity contribution in [2.24, 2.45) is 0 Å². The van der Waals surface area contributed by atoms with Crippen molar-refractivity contribution in [3.8, 4) is 0 Å². The van der Waals surface area contributed by atoms with Crippen LogP contribution in [0.3, 0.4) is 0 Å². The lowest BCUT2D eigenvalue weighted by Crippen LogP contribution is -2.12. The minimum absolute atomic E-state index is 0.648. The molecule has 1 aromatic carbocycles. The number of thioether (sulfide) groups is 1. The lowest BCUT2D eigenvalue weighted by Gasteiger charge is -2.18. The molecular formula is C15H19ClN2OS. The van der Waals surface area contributed by atoms with E-state index in [-0.39, 0.29) is 0 Å². The summed E-state index contributed by atoms with van der Waals surface area (Å²) in [5, 5.41) is 4.10. The summed E-state index contributed by atoms with van der Waals surface area (Å²) in [5.41, 5.74) is 2.11. The van der Waals surface area contributed by atoms with Gasteiger partial charge in [0.1, 0.15) is 11.5 Å². The van der Waals surface area contributed by atoms with Gasteiger partial charge in [-0.25, -0.2) is 0 Å². The van der Waals surface area contributed by atoms with E-state index in [0.29, 0.717) is 6.54 Å². The standard InChI is InChI=1S/C15H19ClN2OS/c1-18(2)15-7-4-11(16)8-14(15)17-9-12-5-6-13(19-12)10-20-3/h4-8,17H,9-10H2,1-3H3. The Bertz CT molecular complexity index is 569. The van der Waals surface area contributed by atoms with Crippen molar-refractivity contribution in [2.75, 3.05) is 30.6 Å². The largest absolute Gasteiger partial charge is 0.463 e. The molecule has 0 spiro atoms. The Morgan fingerprint density at radius 2 is 1.95 bits per heavy atom. The zero-order valence-corrected chi connectivity index (χ0v) is 13.5. The summed E-state index contributed by atoms with van der Waals surface area (Å²) in [6.45, 7) is 0.648. The number of halogens is 1. The second-order valence-electron chi connectivity index (χ2n) is 4.71. The molecule has 2 aromatic rings. The topological polar surface area (TPSA) is 28.4 Å². The Balaban J connectivity index is 2.07. The van der Waals surface area contributed by atoms with Crippen LogP contribution >= 0.6 is 23.4 Å². The third-order valence-electron chi connectivity index (χ3n) is 2.90. The number of hydrogen-bond acceptors (Lipinski definition) is 4. The molecule has 0 bridgehead atoms. The zero-order valence-electron chi connectivity index (χ0n) is 11.9. The van der Waals surface area contributed by atoms with E-state index in [4.69, 9.17) is 16.0 Å². The number of anilines is 2. The average molecular weight is 311 g/mol. The van der Waals surface area contributed by atoms with Crippen LogP contribution in [0.4, 0.5) is 11.4 Å². The van der Waals surface area contributed by atoms with Crippen LogP contribution in [0.15, 0.2) is 34.7 Å². The summed E-state index contributed by atoms with van der Waals surface area (Å²) in [6.07, 6.45) is 2.07. The first-order chi connectivity index (χ1) is 9.60. The Morgan fingerprint density at radius 1 is 1.20 bits per heavy atom. The highest BCUT2D eigenvalue weighted by molar-refractivity contribution is 7.97. The van der Waals surface area contributed by atoms with Gasteiger partial charge in [-0.15, -0.1) is 0 Å². The predicted octanol–water partition coefficient (Wildman–Crippen LogP) is 4.47. The van der Waals surface area contributed by atoms with Crippen molar-refractivity contribution in [1.29, 1.82) is 0 Å². The van der Waals surface area contributed by atoms with E-state index in [0.717, 1.165) is 33.7 Å². The molecule has 0 saturated heterocycles. The Hall–Kier alpha value is -1.26. The molecule has 0 amide bonds. The van der Waals surface area contributed by atoms with Crippen molar-refractivity contribution >= 4 is 34.7 Å². The molecule has 0 saturated carbocycles. The van der Waals surface area contributed by atoms with Gasteiger partial charge in [-0.05, 0) is 36.6 Å². The average Bonchev–Trinajstić information content (AvgIpc) is 2.84. The lowest BCUT2D eigenvalue weighted by molar-refractivity contribution is 0.487. The highest BCUT2D eigenvalue weighted by atomic mass is 35.5. The third-order valence-corrected chi connectivity index (χ3v) is 3.71. The van der Waals surface area contributed by atoms with E-state index in [1.807, 2.05) is 44.4 Å². The highest BCUT2D eigenvalue weighted by Gasteiger charge is 2.07. The van der Waals surface area contributed by atoms with Crippen LogP contribution in [-0.4, -0.2) is 20.4 Å². The van der Waals surface area contributed by atoms with Crippen LogP contribution in [0.5, 0.6) is 0 Å². The van der Waals surface area contributed by atoms with E-state index in [1.165, 1.54) is 0 Å². The van der Waals surface area contributed by atoms with Gasteiger partial charge >= 0.3 is 0 Å². The number of nitrogens with zero attached hydrogens (tertiary/aromatic N) is 1. The molecular weight excluding hydrogens is 292 g/mol. The Labute approximate surface area is 129 Å². The quantitative estimate of drug-likeness (QED) is 0.852. The number of furan rings is 1. The SMILES string of the molecule is CSCc1ccc(CNc2cc(Cl)ccc2N(C)C)o1. The molecule has 0 atom stereocenters. The molecule has 20 heavy (non-hydrogen) atoms. The minimum atomic E-state index is 0.648. The fourth-order valence-electron chi connectivity index (χ4n) is 1.96. The molecule has 0 aliphatic rings. The first-order valence-electron chi connectivity index (χ1n) is 6.37. The summed E-state index contributed by atoms with van der Waals surface area (Å²) in [4.78, 5) is 2.06. The molecule has 0 unspecified atom stereocenters. The van der Waals surface area contributed by atoms with Gasteiger partial charge in [0.25, 0.3) is 0 Å². The molecule has 0 fully saturated rings. The minimum Gasteiger partial charge on any atom is -0.463 e. The van der Waals surface area contributed by atoms with Crippen LogP contribution in [0.1, 0.15) is 11.5 Å². The second kappa shape index (κ2) is 6.95. The molecule has 5 heteroatoms. The van der Waals surface area contributed by atoms with Crippen molar-refractivity contribution in [3.63, 3.8) is 0 Å². The van der Waals surface area contributed by atoms with Crippen molar-refractivity contribution < 1.29 is 4.42 Å². The van der Waals surface area contributed by atoms with E-state index >= 15 is 0 Å². The van der Waals surface area contributed by atoms with Crippen LogP contribution in [-0.2, 0) is 12.3 Å². The van der Waals surface area contributed by atoms with Gasteiger partial charge in [-0.2, -0.15) is 11.8 Å². The maximum Gasteiger partial charge on any atom is 0.123 e. The molecule has 1 N–H and O–H groups in total. The molecule has 0 aliphatic heterocycles. The zero-order chi connectivity index (χ0) is 14.5.